The van der Waals surface area contributed by atoms with Gasteiger partial charge in [0.2, 0.25) is 15.9 Å². The maximum absolute atomic E-state index is 13.1. The molecule has 0 saturated carbocycles. The zero-order valence-electron chi connectivity index (χ0n) is 17.5. The van der Waals surface area contributed by atoms with E-state index in [0.29, 0.717) is 25.9 Å². The van der Waals surface area contributed by atoms with Crippen molar-refractivity contribution in [1.82, 2.24) is 9.62 Å². The van der Waals surface area contributed by atoms with Crippen LogP contribution in [0.2, 0.25) is 0 Å². The Labute approximate surface area is 183 Å². The Morgan fingerprint density at radius 3 is 2.68 bits per heavy atom. The second kappa shape index (κ2) is 9.36. The molecule has 1 saturated heterocycles. The van der Waals surface area contributed by atoms with Crippen LogP contribution in [0.5, 0.6) is 0 Å². The number of anilines is 1. The van der Waals surface area contributed by atoms with Crippen LogP contribution in [0.1, 0.15) is 24.8 Å². The zero-order chi connectivity index (χ0) is 21.8. The van der Waals surface area contributed by atoms with Crippen molar-refractivity contribution in [2.45, 2.75) is 30.6 Å². The number of nitrogens with zero attached hydrogens (tertiary/aromatic N) is 2. The Morgan fingerprint density at radius 2 is 1.87 bits per heavy atom. The summed E-state index contributed by atoms with van der Waals surface area (Å²) in [5.74, 6) is -0.940. The first kappa shape index (κ1) is 21.8. The van der Waals surface area contributed by atoms with E-state index in [1.807, 2.05) is 6.07 Å². The molecule has 0 bridgehead atoms. The predicted molar refractivity (Wildman–Crippen MR) is 118 cm³/mol. The van der Waals surface area contributed by atoms with Gasteiger partial charge in [-0.05, 0) is 61.6 Å². The molecule has 1 amide bonds. The van der Waals surface area contributed by atoms with Crippen LogP contribution in [0.25, 0.3) is 0 Å². The van der Waals surface area contributed by atoms with Gasteiger partial charge in [-0.2, -0.15) is 4.31 Å². The third kappa shape index (κ3) is 4.91. The van der Waals surface area contributed by atoms with Crippen molar-refractivity contribution in [3.8, 4) is 0 Å². The van der Waals surface area contributed by atoms with E-state index in [9.17, 15) is 17.6 Å². The number of fused-ring (bicyclic) bond motifs is 1. The van der Waals surface area contributed by atoms with Gasteiger partial charge in [0.05, 0.1) is 10.8 Å². The number of rotatable bonds is 7. The highest BCUT2D eigenvalue weighted by Gasteiger charge is 2.33. The van der Waals surface area contributed by atoms with Crippen LogP contribution in [0.4, 0.5) is 10.1 Å². The number of piperidine rings is 1. The second-order valence-corrected chi connectivity index (χ2v) is 10.1. The van der Waals surface area contributed by atoms with E-state index in [1.165, 1.54) is 27.7 Å². The lowest BCUT2D eigenvalue weighted by Gasteiger charge is -2.31. The molecule has 2 aromatic rings. The van der Waals surface area contributed by atoms with Crippen molar-refractivity contribution in [2.75, 3.05) is 37.6 Å². The number of amides is 1. The van der Waals surface area contributed by atoms with E-state index in [4.69, 9.17) is 0 Å². The maximum atomic E-state index is 13.1. The molecular formula is C23H28FN3O3S. The highest BCUT2D eigenvalue weighted by atomic mass is 32.2. The van der Waals surface area contributed by atoms with E-state index in [2.05, 4.69) is 28.4 Å². The SMILES string of the molecule is O=C(NCCCN1CCc2ccccc21)C1CCCN(S(=O)(=O)c2ccc(F)cc2)C1. The maximum Gasteiger partial charge on any atom is 0.243 e. The van der Waals surface area contributed by atoms with Crippen molar-refractivity contribution in [3.63, 3.8) is 0 Å². The van der Waals surface area contributed by atoms with Gasteiger partial charge in [0.25, 0.3) is 0 Å². The number of nitrogens with one attached hydrogen (secondary N) is 1. The summed E-state index contributed by atoms with van der Waals surface area (Å²) in [5, 5.41) is 2.98. The Bertz CT molecular complexity index is 1030. The van der Waals surface area contributed by atoms with Gasteiger partial charge in [-0.15, -0.1) is 0 Å². The minimum absolute atomic E-state index is 0.0563. The fraction of sp³-hybridized carbons (Fsp3) is 0.435. The highest BCUT2D eigenvalue weighted by molar-refractivity contribution is 7.89. The van der Waals surface area contributed by atoms with Crippen LogP contribution in [0.3, 0.4) is 0 Å². The largest absolute Gasteiger partial charge is 0.371 e. The molecule has 6 nitrogen and oxygen atoms in total. The van der Waals surface area contributed by atoms with E-state index < -0.39 is 15.8 Å². The molecule has 0 spiro atoms. The summed E-state index contributed by atoms with van der Waals surface area (Å²) in [6.07, 6.45) is 3.19. The van der Waals surface area contributed by atoms with Crippen LogP contribution >= 0.6 is 0 Å². The lowest BCUT2D eigenvalue weighted by Crippen LogP contribution is -2.45. The molecule has 2 aromatic carbocycles. The summed E-state index contributed by atoms with van der Waals surface area (Å²) < 4.78 is 40.2. The summed E-state index contributed by atoms with van der Waals surface area (Å²) in [6, 6.07) is 13.2. The van der Waals surface area contributed by atoms with Crippen LogP contribution in [0.15, 0.2) is 53.4 Å². The first-order chi connectivity index (χ1) is 14.9. The zero-order valence-corrected chi connectivity index (χ0v) is 18.3. The normalized spacial score (nSPS) is 19.3. The highest BCUT2D eigenvalue weighted by Crippen LogP contribution is 2.27. The number of sulfonamides is 1. The Balaban J connectivity index is 1.27. The minimum atomic E-state index is -3.73. The first-order valence-electron chi connectivity index (χ1n) is 10.8. The number of carbonyl (C=O) groups excluding carboxylic acids is 1. The average molecular weight is 446 g/mol. The van der Waals surface area contributed by atoms with Gasteiger partial charge in [0, 0.05) is 38.4 Å². The van der Waals surface area contributed by atoms with E-state index in [-0.39, 0.29) is 23.3 Å². The summed E-state index contributed by atoms with van der Waals surface area (Å²) in [7, 11) is -3.73. The Morgan fingerprint density at radius 1 is 1.10 bits per heavy atom. The van der Waals surface area contributed by atoms with E-state index >= 15 is 0 Å². The standard InChI is InChI=1S/C23H28FN3O3S/c24-20-8-10-21(11-9-20)31(29,30)27-15-3-6-19(17-27)23(28)25-13-4-14-26-16-12-18-5-1-2-7-22(18)26/h1-2,5,7-11,19H,3-4,6,12-17H2,(H,25,28). The molecule has 0 radical (unpaired) electrons. The Kier molecular flexibility index (Phi) is 6.57. The van der Waals surface area contributed by atoms with Crippen molar-refractivity contribution < 1.29 is 17.6 Å². The molecule has 2 heterocycles. The summed E-state index contributed by atoms with van der Waals surface area (Å²) >= 11 is 0. The van der Waals surface area contributed by atoms with Crippen LogP contribution in [-0.4, -0.2) is 51.4 Å². The molecule has 8 heteroatoms. The van der Waals surface area contributed by atoms with Gasteiger partial charge in [-0.1, -0.05) is 18.2 Å². The van der Waals surface area contributed by atoms with Gasteiger partial charge in [0.15, 0.2) is 0 Å². The van der Waals surface area contributed by atoms with Gasteiger partial charge in [-0.3, -0.25) is 4.79 Å². The number of carbonyl (C=O) groups is 1. The number of hydrogen-bond donors (Lipinski definition) is 1. The topological polar surface area (TPSA) is 69.7 Å². The number of hydrogen-bond acceptors (Lipinski definition) is 4. The molecule has 0 aromatic heterocycles. The summed E-state index contributed by atoms with van der Waals surface area (Å²) in [5.41, 5.74) is 2.65. The number of halogens is 1. The Hall–Kier alpha value is -2.45. The second-order valence-electron chi connectivity index (χ2n) is 8.17. The van der Waals surface area contributed by atoms with Gasteiger partial charge in [0.1, 0.15) is 5.82 Å². The van der Waals surface area contributed by atoms with Crippen LogP contribution < -0.4 is 10.2 Å². The van der Waals surface area contributed by atoms with Gasteiger partial charge >= 0.3 is 0 Å². The van der Waals surface area contributed by atoms with E-state index in [0.717, 1.165) is 38.1 Å². The van der Waals surface area contributed by atoms with Crippen molar-refractivity contribution in [1.29, 1.82) is 0 Å². The van der Waals surface area contributed by atoms with Crippen LogP contribution in [0, 0.1) is 11.7 Å². The van der Waals surface area contributed by atoms with Crippen molar-refractivity contribution in [2.24, 2.45) is 5.92 Å². The molecule has 2 aliphatic rings. The monoisotopic (exact) mass is 445 g/mol. The van der Waals surface area contributed by atoms with Crippen LogP contribution in [-0.2, 0) is 21.2 Å². The lowest BCUT2D eigenvalue weighted by molar-refractivity contribution is -0.126. The third-order valence-corrected chi connectivity index (χ3v) is 7.97. The predicted octanol–water partition coefficient (Wildman–Crippen LogP) is 2.80. The van der Waals surface area contributed by atoms with Crippen molar-refractivity contribution >= 4 is 21.6 Å². The molecule has 1 atom stereocenters. The van der Waals surface area contributed by atoms with Gasteiger partial charge in [-0.25, -0.2) is 12.8 Å². The molecule has 1 N–H and O–H groups in total. The molecule has 2 aliphatic heterocycles. The molecule has 1 fully saturated rings. The smallest absolute Gasteiger partial charge is 0.243 e. The molecule has 4 rings (SSSR count). The fourth-order valence-electron chi connectivity index (χ4n) is 4.40. The summed E-state index contributed by atoms with van der Waals surface area (Å²) in [4.78, 5) is 15.1. The van der Waals surface area contributed by atoms with Gasteiger partial charge < -0.3 is 10.2 Å². The number of para-hydroxylation sites is 1. The lowest BCUT2D eigenvalue weighted by atomic mass is 9.99. The first-order valence-corrected chi connectivity index (χ1v) is 12.3. The molecule has 31 heavy (non-hydrogen) atoms. The quantitative estimate of drug-likeness (QED) is 0.666. The fourth-order valence-corrected chi connectivity index (χ4v) is 5.92. The molecule has 0 aliphatic carbocycles. The molecule has 1 unspecified atom stereocenters. The van der Waals surface area contributed by atoms with Crippen molar-refractivity contribution in [3.05, 3.63) is 59.9 Å². The minimum Gasteiger partial charge on any atom is -0.371 e. The van der Waals surface area contributed by atoms with E-state index in [1.54, 1.807) is 0 Å². The number of benzene rings is 2. The summed E-state index contributed by atoms with van der Waals surface area (Å²) in [6.45, 7) is 2.99. The third-order valence-electron chi connectivity index (χ3n) is 6.09. The average Bonchev–Trinajstić information content (AvgIpc) is 3.20. The molecular weight excluding hydrogens is 417 g/mol. The molecule has 166 valence electrons.